The van der Waals surface area contributed by atoms with Crippen LogP contribution in [0.1, 0.15) is 150 Å². The second kappa shape index (κ2) is 23.8. The van der Waals surface area contributed by atoms with Gasteiger partial charge in [-0.15, -0.1) is 0 Å². The van der Waals surface area contributed by atoms with Gasteiger partial charge in [-0.1, -0.05) is 105 Å². The van der Waals surface area contributed by atoms with E-state index < -0.39 is 5.97 Å². The molecule has 0 saturated carbocycles. The highest BCUT2D eigenvalue weighted by Gasteiger charge is 2.27. The Kier molecular flexibility index (Phi) is 20.3. The van der Waals surface area contributed by atoms with Crippen LogP contribution < -0.4 is 0 Å². The van der Waals surface area contributed by atoms with Gasteiger partial charge >= 0.3 is 17.9 Å². The predicted octanol–water partition coefficient (Wildman–Crippen LogP) is 10.7. The maximum absolute atomic E-state index is 12.2. The second-order valence-corrected chi connectivity index (χ2v) is 15.1. The molecule has 51 heavy (non-hydrogen) atoms. The van der Waals surface area contributed by atoms with Crippen LogP contribution in [0.4, 0.5) is 0 Å². The Morgan fingerprint density at radius 3 is 1.59 bits per heavy atom. The summed E-state index contributed by atoms with van der Waals surface area (Å²) in [7, 11) is 0. The molecule has 0 amide bonds. The van der Waals surface area contributed by atoms with Gasteiger partial charge in [0.15, 0.2) is 0 Å². The molecule has 0 aromatic heterocycles. The van der Waals surface area contributed by atoms with Gasteiger partial charge in [-0.25, -0.2) is 4.79 Å². The standard InChI is InChI=1S/C21H30O3.C18H24O4.C5H12/c1-15(2)7-5-4-6-12-24-21(23)20-11-10-18-13-17(16(3)22)8-9-19(18)14-20;1-12(2)4-3-9-22-18(21)16-8-6-13-10-15(17(19)20)7-5-14(13)11-16;1-3-5-4-2/h8-9,13,15,20,22H,3-7,10-12,14H2,1-2H3;5,7,10,12,16H,3-4,6,8-9,11H2,1-2H3,(H,19,20);3-5H2,1-2H3. The maximum atomic E-state index is 12.2. The lowest BCUT2D eigenvalue weighted by molar-refractivity contribution is -0.150. The van der Waals surface area contributed by atoms with Gasteiger partial charge in [-0.2, -0.15) is 0 Å². The van der Waals surface area contributed by atoms with E-state index >= 15 is 0 Å². The molecule has 0 radical (unpaired) electrons. The van der Waals surface area contributed by atoms with Gasteiger partial charge in [0, 0.05) is 5.56 Å². The number of carbonyl (C=O) groups is 3. The molecule has 284 valence electrons. The lowest BCUT2D eigenvalue weighted by atomic mass is 9.83. The van der Waals surface area contributed by atoms with Crippen LogP contribution in [0, 0.1) is 23.7 Å². The zero-order chi connectivity index (χ0) is 37.8. The first-order valence-electron chi connectivity index (χ1n) is 19.5. The molecule has 7 nitrogen and oxygen atoms in total. The maximum Gasteiger partial charge on any atom is 0.335 e. The minimum Gasteiger partial charge on any atom is -0.508 e. The third-order valence-electron chi connectivity index (χ3n) is 9.66. The molecule has 2 atom stereocenters. The molecule has 2 N–H and O–H groups in total. The summed E-state index contributed by atoms with van der Waals surface area (Å²) in [6.45, 7) is 17.8. The van der Waals surface area contributed by atoms with Crippen molar-refractivity contribution >= 4 is 23.7 Å². The van der Waals surface area contributed by atoms with Gasteiger partial charge < -0.3 is 19.7 Å². The average molecular weight is 707 g/mol. The number of ether oxygens (including phenoxy) is 2. The Labute approximate surface area is 308 Å². The molecule has 0 bridgehead atoms. The van der Waals surface area contributed by atoms with E-state index in [-0.39, 0.29) is 29.5 Å². The summed E-state index contributed by atoms with van der Waals surface area (Å²) in [5.74, 6) is 0.267. The number of aliphatic hydroxyl groups is 1. The third-order valence-corrected chi connectivity index (χ3v) is 9.66. The van der Waals surface area contributed by atoms with Crippen LogP contribution in [-0.4, -0.2) is 41.3 Å². The smallest absolute Gasteiger partial charge is 0.335 e. The Morgan fingerprint density at radius 1 is 0.667 bits per heavy atom. The highest BCUT2D eigenvalue weighted by Crippen LogP contribution is 2.29. The molecule has 0 aliphatic heterocycles. The number of carbonyl (C=O) groups excluding carboxylic acids is 2. The number of unbranched alkanes of at least 4 members (excludes halogenated alkanes) is 4. The first-order valence-corrected chi connectivity index (χ1v) is 19.5. The molecule has 0 heterocycles. The van der Waals surface area contributed by atoms with Gasteiger partial charge in [-0.05, 0) is 110 Å². The van der Waals surface area contributed by atoms with E-state index in [4.69, 9.17) is 14.6 Å². The van der Waals surface area contributed by atoms with Crippen molar-refractivity contribution in [3.8, 4) is 0 Å². The van der Waals surface area contributed by atoms with Gasteiger partial charge in [-0.3, -0.25) is 9.59 Å². The topological polar surface area (TPSA) is 110 Å². The van der Waals surface area contributed by atoms with E-state index in [1.807, 2.05) is 24.3 Å². The SMILES string of the molecule is C=C(O)c1ccc2c(c1)CCC(C(=O)OCCCCCC(C)C)C2.CC(C)CCCOC(=O)C1CCc2cc(C(=O)O)ccc2C1.CCCCC. The van der Waals surface area contributed by atoms with Gasteiger partial charge in [0.25, 0.3) is 0 Å². The number of aromatic carboxylic acids is 1. The van der Waals surface area contributed by atoms with E-state index in [1.165, 1.54) is 43.2 Å². The molecule has 0 fully saturated rings. The lowest BCUT2D eigenvalue weighted by Crippen LogP contribution is -2.25. The normalized spacial score (nSPS) is 16.1. The molecule has 2 aliphatic carbocycles. The Bertz CT molecular complexity index is 1370. The first-order chi connectivity index (χ1) is 24.4. The van der Waals surface area contributed by atoms with Crippen molar-refractivity contribution in [1.82, 2.24) is 0 Å². The van der Waals surface area contributed by atoms with Crippen LogP contribution in [0.3, 0.4) is 0 Å². The van der Waals surface area contributed by atoms with Gasteiger partial charge in [0.05, 0.1) is 30.6 Å². The van der Waals surface area contributed by atoms with E-state index in [0.717, 1.165) is 80.4 Å². The van der Waals surface area contributed by atoms with Crippen molar-refractivity contribution in [3.63, 3.8) is 0 Å². The van der Waals surface area contributed by atoms with E-state index in [0.29, 0.717) is 31.1 Å². The van der Waals surface area contributed by atoms with Crippen molar-refractivity contribution in [3.05, 3.63) is 76.4 Å². The third kappa shape index (κ3) is 16.5. The lowest BCUT2D eigenvalue weighted by Gasteiger charge is -2.23. The summed E-state index contributed by atoms with van der Waals surface area (Å²) in [6, 6.07) is 11.0. The number of fused-ring (bicyclic) bond motifs is 2. The molecular weight excluding hydrogens is 640 g/mol. The van der Waals surface area contributed by atoms with Crippen molar-refractivity contribution < 1.29 is 34.1 Å². The summed E-state index contributed by atoms with van der Waals surface area (Å²) in [4.78, 5) is 35.3. The number of carboxylic acid groups (broad SMARTS) is 1. The van der Waals surface area contributed by atoms with Crippen LogP contribution in [0.25, 0.3) is 5.76 Å². The zero-order valence-corrected chi connectivity index (χ0v) is 32.4. The fourth-order valence-electron chi connectivity index (χ4n) is 6.48. The molecule has 4 rings (SSSR count). The fourth-order valence-corrected chi connectivity index (χ4v) is 6.48. The molecule has 7 heteroatoms. The summed E-state index contributed by atoms with van der Waals surface area (Å²) in [5.41, 5.74) is 5.58. The quantitative estimate of drug-likeness (QED) is 0.102. The van der Waals surface area contributed by atoms with Crippen LogP contribution in [0.5, 0.6) is 0 Å². The summed E-state index contributed by atoms with van der Waals surface area (Å²) < 4.78 is 10.8. The molecule has 0 spiro atoms. The van der Waals surface area contributed by atoms with Gasteiger partial charge in [0.2, 0.25) is 0 Å². The number of hydrogen-bond acceptors (Lipinski definition) is 6. The monoisotopic (exact) mass is 706 g/mol. The van der Waals surface area contributed by atoms with Crippen LogP contribution in [-0.2, 0) is 44.7 Å². The minimum absolute atomic E-state index is 0.0312. The van der Waals surface area contributed by atoms with Crippen molar-refractivity contribution in [1.29, 1.82) is 0 Å². The number of rotatable bonds is 16. The molecule has 0 saturated heterocycles. The number of hydrogen-bond donors (Lipinski definition) is 2. The van der Waals surface area contributed by atoms with E-state index in [2.05, 4.69) is 48.1 Å². The van der Waals surface area contributed by atoms with Crippen molar-refractivity contribution in [2.24, 2.45) is 23.7 Å². The minimum atomic E-state index is -0.908. The van der Waals surface area contributed by atoms with E-state index in [1.54, 1.807) is 12.1 Å². The second-order valence-electron chi connectivity index (χ2n) is 15.1. The summed E-state index contributed by atoms with van der Waals surface area (Å²) in [6.07, 6.45) is 15.1. The van der Waals surface area contributed by atoms with Crippen LogP contribution >= 0.6 is 0 Å². The number of aliphatic hydroxyl groups excluding tert-OH is 1. The highest BCUT2D eigenvalue weighted by atomic mass is 16.5. The van der Waals surface area contributed by atoms with Crippen molar-refractivity contribution in [2.45, 2.75) is 138 Å². The van der Waals surface area contributed by atoms with Gasteiger partial charge in [0.1, 0.15) is 5.76 Å². The van der Waals surface area contributed by atoms with Crippen LogP contribution in [0.15, 0.2) is 43.0 Å². The largest absolute Gasteiger partial charge is 0.508 e. The van der Waals surface area contributed by atoms with E-state index in [9.17, 15) is 19.5 Å². The zero-order valence-electron chi connectivity index (χ0n) is 32.4. The number of esters is 2. The molecule has 2 aliphatic rings. The Balaban J connectivity index is 0.000000313. The number of carboxylic acids is 1. The summed E-state index contributed by atoms with van der Waals surface area (Å²) in [5, 5.41) is 18.5. The molecule has 2 unspecified atom stereocenters. The summed E-state index contributed by atoms with van der Waals surface area (Å²) >= 11 is 0. The Morgan fingerprint density at radius 2 is 1.14 bits per heavy atom. The number of aryl methyl sites for hydroxylation is 2. The Hall–Kier alpha value is -3.61. The molecule has 2 aromatic carbocycles. The average Bonchev–Trinajstić information content (AvgIpc) is 3.11. The fraction of sp³-hybridized carbons (Fsp3) is 0.614. The highest BCUT2D eigenvalue weighted by molar-refractivity contribution is 5.88. The predicted molar refractivity (Wildman–Crippen MR) is 207 cm³/mol. The van der Waals surface area contributed by atoms with Crippen molar-refractivity contribution in [2.75, 3.05) is 13.2 Å². The first kappa shape index (κ1) is 43.6. The molecular formula is C44H66O7. The molecule has 2 aromatic rings. The van der Waals surface area contributed by atoms with Crippen LogP contribution in [0.2, 0.25) is 0 Å². The number of benzene rings is 2.